The van der Waals surface area contributed by atoms with Gasteiger partial charge in [0, 0.05) is 25.5 Å². The molecule has 2 fully saturated rings. The van der Waals surface area contributed by atoms with Gasteiger partial charge in [0.2, 0.25) is 0 Å². The highest BCUT2D eigenvalue weighted by atomic mass is 16.5. The molecule has 0 aromatic carbocycles. The number of hydrogen-bond donors (Lipinski definition) is 1. The van der Waals surface area contributed by atoms with E-state index in [2.05, 4.69) is 30.2 Å². The molecule has 0 amide bonds. The summed E-state index contributed by atoms with van der Waals surface area (Å²) in [7, 11) is 1.63. The highest BCUT2D eigenvalue weighted by molar-refractivity contribution is 5.91. The quantitative estimate of drug-likeness (QED) is 0.806. The molecule has 1 N–H and O–H groups in total. The number of nitrogens with zero attached hydrogens (tertiary/aromatic N) is 1. The Morgan fingerprint density at radius 2 is 2.12 bits per heavy atom. The van der Waals surface area contributed by atoms with E-state index in [4.69, 9.17) is 4.74 Å². The van der Waals surface area contributed by atoms with Gasteiger partial charge in [-0.25, -0.2) is 0 Å². The lowest BCUT2D eigenvalue weighted by molar-refractivity contribution is -0.131. The van der Waals surface area contributed by atoms with Gasteiger partial charge in [-0.15, -0.1) is 0 Å². The Hall–Kier alpha value is -1.52. The van der Waals surface area contributed by atoms with E-state index in [0.717, 1.165) is 18.4 Å². The second kappa shape index (κ2) is 6.08. The van der Waals surface area contributed by atoms with E-state index >= 15 is 0 Å². The third kappa shape index (κ3) is 2.35. The van der Waals surface area contributed by atoms with Crippen molar-refractivity contribution in [1.82, 2.24) is 10.3 Å². The third-order valence-corrected chi connectivity index (χ3v) is 6.27. The lowest BCUT2D eigenvalue weighted by Gasteiger charge is -2.34. The predicted molar refractivity (Wildman–Crippen MR) is 92.5 cm³/mol. The molecule has 1 saturated heterocycles. The maximum atomic E-state index is 13.2. The largest absolute Gasteiger partial charge is 0.369 e. The SMILES string of the molecule is C/C=C1/CC(C)CC2C1NC1C(=O)C(OC)c3ccncc3CC12. The van der Waals surface area contributed by atoms with Crippen LogP contribution in [0.1, 0.15) is 43.9 Å². The van der Waals surface area contributed by atoms with Gasteiger partial charge in [0.15, 0.2) is 5.78 Å². The van der Waals surface area contributed by atoms with Gasteiger partial charge in [-0.05, 0) is 61.1 Å². The first kappa shape index (κ1) is 16.0. The zero-order valence-corrected chi connectivity index (χ0v) is 14.7. The molecule has 6 atom stereocenters. The second-order valence-corrected chi connectivity index (χ2v) is 7.66. The van der Waals surface area contributed by atoms with Crippen LogP contribution < -0.4 is 5.32 Å². The van der Waals surface area contributed by atoms with E-state index in [9.17, 15) is 4.79 Å². The van der Waals surface area contributed by atoms with Crippen LogP contribution in [-0.2, 0) is 16.0 Å². The van der Waals surface area contributed by atoms with Crippen LogP contribution in [0.5, 0.6) is 0 Å². The van der Waals surface area contributed by atoms with Crippen LogP contribution in [0.4, 0.5) is 0 Å². The molecular formula is C20H26N2O2. The Labute approximate surface area is 143 Å². The van der Waals surface area contributed by atoms with Crippen LogP contribution in [0.2, 0.25) is 0 Å². The van der Waals surface area contributed by atoms with Crippen molar-refractivity contribution in [3.63, 3.8) is 0 Å². The molecule has 2 heterocycles. The Bertz CT molecular complexity index is 684. The van der Waals surface area contributed by atoms with E-state index in [-0.39, 0.29) is 11.8 Å². The maximum Gasteiger partial charge on any atom is 0.183 e. The van der Waals surface area contributed by atoms with Crippen molar-refractivity contribution in [2.24, 2.45) is 17.8 Å². The van der Waals surface area contributed by atoms with Crippen LogP contribution in [0, 0.1) is 17.8 Å². The van der Waals surface area contributed by atoms with Gasteiger partial charge in [-0.2, -0.15) is 0 Å². The summed E-state index contributed by atoms with van der Waals surface area (Å²) in [5.41, 5.74) is 3.65. The first-order valence-corrected chi connectivity index (χ1v) is 9.04. The Balaban J connectivity index is 1.76. The number of aromatic nitrogens is 1. The summed E-state index contributed by atoms with van der Waals surface area (Å²) >= 11 is 0. The van der Waals surface area contributed by atoms with E-state index < -0.39 is 6.10 Å². The summed E-state index contributed by atoms with van der Waals surface area (Å²) in [6.07, 6.45) is 8.71. The fourth-order valence-corrected chi connectivity index (χ4v) is 5.24. The number of carbonyl (C=O) groups is 1. The average Bonchev–Trinajstić information content (AvgIpc) is 2.89. The van der Waals surface area contributed by atoms with Gasteiger partial charge in [0.1, 0.15) is 6.10 Å². The zero-order chi connectivity index (χ0) is 16.8. The van der Waals surface area contributed by atoms with Crippen LogP contribution in [0.25, 0.3) is 0 Å². The molecule has 0 spiro atoms. The predicted octanol–water partition coefficient (Wildman–Crippen LogP) is 2.84. The monoisotopic (exact) mass is 326 g/mol. The second-order valence-electron chi connectivity index (χ2n) is 7.66. The number of pyridine rings is 1. The number of carbonyl (C=O) groups excluding carboxylic acids is 1. The van der Waals surface area contributed by atoms with Crippen LogP contribution in [-0.4, -0.2) is 30.0 Å². The highest BCUT2D eigenvalue weighted by Crippen LogP contribution is 2.46. The standard InChI is InChI=1S/C20H26N2O2/c1-4-12-7-11(2)8-15-16-9-13-10-21-6-5-14(13)20(24-3)19(23)18(16)22-17(12)15/h4-6,10-11,15-18,20,22H,7-9H2,1-3H3/b12-4-. The Morgan fingerprint density at radius 3 is 2.88 bits per heavy atom. The number of methoxy groups -OCH3 is 1. The lowest BCUT2D eigenvalue weighted by atomic mass is 9.70. The zero-order valence-electron chi connectivity index (χ0n) is 14.7. The molecule has 1 aliphatic heterocycles. The first-order chi connectivity index (χ1) is 11.6. The van der Waals surface area contributed by atoms with Crippen molar-refractivity contribution in [3.8, 4) is 0 Å². The van der Waals surface area contributed by atoms with Gasteiger partial charge in [-0.3, -0.25) is 9.78 Å². The van der Waals surface area contributed by atoms with Gasteiger partial charge < -0.3 is 10.1 Å². The maximum absolute atomic E-state index is 13.2. The summed E-state index contributed by atoms with van der Waals surface area (Å²) in [6, 6.07) is 2.18. The summed E-state index contributed by atoms with van der Waals surface area (Å²) in [5.74, 6) is 1.73. The number of ketones is 1. The number of Topliss-reactive ketones (excluding diaryl/α,β-unsaturated/α-hetero) is 1. The average molecular weight is 326 g/mol. The summed E-state index contributed by atoms with van der Waals surface area (Å²) in [4.78, 5) is 17.5. The van der Waals surface area contributed by atoms with Crippen molar-refractivity contribution in [1.29, 1.82) is 0 Å². The number of rotatable bonds is 1. The van der Waals surface area contributed by atoms with E-state index in [1.807, 2.05) is 12.3 Å². The van der Waals surface area contributed by atoms with E-state index in [0.29, 0.717) is 23.8 Å². The topological polar surface area (TPSA) is 51.2 Å². The molecule has 4 nitrogen and oxygen atoms in total. The first-order valence-electron chi connectivity index (χ1n) is 9.04. The molecule has 24 heavy (non-hydrogen) atoms. The molecule has 1 aromatic heterocycles. The van der Waals surface area contributed by atoms with Crippen molar-refractivity contribution in [2.45, 2.75) is 51.3 Å². The Kier molecular flexibility index (Phi) is 4.05. The molecule has 6 unspecified atom stereocenters. The number of ether oxygens (including phenoxy) is 1. The summed E-state index contributed by atoms with van der Waals surface area (Å²) in [5, 5.41) is 3.69. The Morgan fingerprint density at radius 1 is 1.29 bits per heavy atom. The van der Waals surface area contributed by atoms with Crippen molar-refractivity contribution in [2.75, 3.05) is 7.11 Å². The smallest absolute Gasteiger partial charge is 0.183 e. The van der Waals surface area contributed by atoms with E-state index in [1.165, 1.54) is 17.6 Å². The minimum atomic E-state index is -0.475. The van der Waals surface area contributed by atoms with Gasteiger partial charge >= 0.3 is 0 Å². The van der Waals surface area contributed by atoms with Crippen LogP contribution in [0.3, 0.4) is 0 Å². The minimum Gasteiger partial charge on any atom is -0.369 e. The molecule has 0 radical (unpaired) electrons. The summed E-state index contributed by atoms with van der Waals surface area (Å²) < 4.78 is 5.61. The molecule has 0 bridgehead atoms. The number of allylic oxidation sites excluding steroid dienone is 1. The number of nitrogens with one attached hydrogen (secondary N) is 1. The van der Waals surface area contributed by atoms with Crippen molar-refractivity contribution < 1.29 is 9.53 Å². The fourth-order valence-electron chi connectivity index (χ4n) is 5.24. The van der Waals surface area contributed by atoms with E-state index in [1.54, 1.807) is 13.3 Å². The van der Waals surface area contributed by atoms with Gasteiger partial charge in [-0.1, -0.05) is 18.6 Å². The lowest BCUT2D eigenvalue weighted by Crippen LogP contribution is -2.41. The third-order valence-electron chi connectivity index (χ3n) is 6.27. The minimum absolute atomic E-state index is 0.113. The molecule has 3 aliphatic rings. The van der Waals surface area contributed by atoms with Gasteiger partial charge in [0.25, 0.3) is 0 Å². The highest BCUT2D eigenvalue weighted by Gasteiger charge is 2.52. The molecule has 128 valence electrons. The molecule has 4 heteroatoms. The molecule has 1 saturated carbocycles. The molecular weight excluding hydrogens is 300 g/mol. The van der Waals surface area contributed by atoms with Crippen LogP contribution in [0.15, 0.2) is 30.1 Å². The normalized spacial score (nSPS) is 40.0. The van der Waals surface area contributed by atoms with Crippen molar-refractivity contribution in [3.05, 3.63) is 41.2 Å². The van der Waals surface area contributed by atoms with Crippen molar-refractivity contribution >= 4 is 5.78 Å². The molecule has 4 rings (SSSR count). The number of hydrogen-bond acceptors (Lipinski definition) is 4. The number of fused-ring (bicyclic) bond motifs is 4. The van der Waals surface area contributed by atoms with Gasteiger partial charge in [0.05, 0.1) is 6.04 Å². The molecule has 2 aliphatic carbocycles. The molecule has 1 aromatic rings. The fraction of sp³-hybridized carbons (Fsp3) is 0.600. The summed E-state index contributed by atoms with van der Waals surface area (Å²) in [6.45, 7) is 4.46. The van der Waals surface area contributed by atoms with Crippen LogP contribution >= 0.6 is 0 Å².